The summed E-state index contributed by atoms with van der Waals surface area (Å²) >= 11 is 1.17. The summed E-state index contributed by atoms with van der Waals surface area (Å²) in [5.74, 6) is -0.325. The van der Waals surface area contributed by atoms with Crippen LogP contribution < -0.4 is 5.32 Å². The molecule has 0 saturated heterocycles. The number of benzene rings is 2. The molecule has 30 heavy (non-hydrogen) atoms. The average molecular weight is 432 g/mol. The van der Waals surface area contributed by atoms with Crippen LogP contribution in [-0.2, 0) is 17.5 Å². The fourth-order valence-corrected chi connectivity index (χ4v) is 3.89. The summed E-state index contributed by atoms with van der Waals surface area (Å²) in [4.78, 5) is 17.1. The minimum Gasteiger partial charge on any atom is -0.324 e. The van der Waals surface area contributed by atoms with Gasteiger partial charge in [-0.2, -0.15) is 18.4 Å². The van der Waals surface area contributed by atoms with E-state index in [0.29, 0.717) is 40.4 Å². The number of imidazole rings is 1. The number of halogens is 3. The lowest BCUT2D eigenvalue weighted by Gasteiger charge is -2.14. The maximum absolute atomic E-state index is 13.1. The number of hydrogen-bond acceptors (Lipinski definition) is 4. The number of nitriles is 1. The van der Waals surface area contributed by atoms with Crippen LogP contribution >= 0.6 is 11.8 Å². The zero-order valence-electron chi connectivity index (χ0n) is 16.3. The van der Waals surface area contributed by atoms with Gasteiger partial charge in [-0.3, -0.25) is 4.79 Å². The lowest BCUT2D eigenvalue weighted by Crippen LogP contribution is -2.23. The number of anilines is 1. The fourth-order valence-electron chi connectivity index (χ4n) is 2.94. The van der Waals surface area contributed by atoms with E-state index in [0.717, 1.165) is 12.1 Å². The van der Waals surface area contributed by atoms with E-state index in [9.17, 15) is 18.0 Å². The van der Waals surface area contributed by atoms with Crippen molar-refractivity contribution in [1.29, 1.82) is 5.26 Å². The van der Waals surface area contributed by atoms with Gasteiger partial charge < -0.3 is 9.88 Å². The summed E-state index contributed by atoms with van der Waals surface area (Å²) in [6, 6.07) is 12.1. The third-order valence-corrected chi connectivity index (χ3v) is 5.53. The summed E-state index contributed by atoms with van der Waals surface area (Å²) in [5.41, 5.74) is 0.857. The van der Waals surface area contributed by atoms with Gasteiger partial charge in [0, 0.05) is 6.54 Å². The molecule has 3 aromatic rings. The molecule has 1 aromatic heterocycles. The molecule has 0 aliphatic carbocycles. The maximum atomic E-state index is 13.1. The molecule has 0 fully saturated rings. The van der Waals surface area contributed by atoms with Crippen LogP contribution in [0.3, 0.4) is 0 Å². The fraction of sp³-hybridized carbons (Fsp3) is 0.286. The van der Waals surface area contributed by atoms with E-state index in [4.69, 9.17) is 5.26 Å². The molecule has 2 aromatic carbocycles. The van der Waals surface area contributed by atoms with E-state index in [1.165, 1.54) is 17.8 Å². The second-order valence-electron chi connectivity index (χ2n) is 6.65. The predicted molar refractivity (Wildman–Crippen MR) is 110 cm³/mol. The minimum atomic E-state index is -4.44. The predicted octanol–water partition coefficient (Wildman–Crippen LogP) is 5.46. The topological polar surface area (TPSA) is 70.7 Å². The molecule has 0 spiro atoms. The number of fused-ring (bicyclic) bond motifs is 1. The van der Waals surface area contributed by atoms with Crippen LogP contribution in [-0.4, -0.2) is 20.7 Å². The van der Waals surface area contributed by atoms with E-state index >= 15 is 0 Å². The van der Waals surface area contributed by atoms with Crippen LogP contribution in [0.5, 0.6) is 0 Å². The number of nitrogens with one attached hydrogen (secondary N) is 1. The van der Waals surface area contributed by atoms with Crippen LogP contribution in [0.2, 0.25) is 0 Å². The zero-order chi connectivity index (χ0) is 21.9. The van der Waals surface area contributed by atoms with Crippen LogP contribution in [0.15, 0.2) is 47.6 Å². The monoisotopic (exact) mass is 432 g/mol. The van der Waals surface area contributed by atoms with Crippen molar-refractivity contribution in [2.24, 2.45) is 0 Å². The number of nitrogens with zero attached hydrogens (tertiary/aromatic N) is 3. The Kier molecular flexibility index (Phi) is 6.37. The summed E-state index contributed by atoms with van der Waals surface area (Å²) in [6.45, 7) is 4.08. The molecule has 0 saturated carbocycles. The summed E-state index contributed by atoms with van der Waals surface area (Å²) in [5, 5.41) is 11.8. The first-order valence-corrected chi connectivity index (χ1v) is 10.2. The highest BCUT2D eigenvalue weighted by Crippen LogP contribution is 2.34. The van der Waals surface area contributed by atoms with Crippen molar-refractivity contribution >= 4 is 34.4 Å². The SMILES string of the molecule is CCCn1c(SC(C)C(=O)Nc2ccccc2C#N)nc2ccc(C(F)(F)F)cc21. The van der Waals surface area contributed by atoms with Crippen LogP contribution in [0.25, 0.3) is 11.0 Å². The van der Waals surface area contributed by atoms with Gasteiger partial charge in [-0.15, -0.1) is 0 Å². The Hall–Kier alpha value is -2.99. The molecule has 3 rings (SSSR count). The molecule has 1 N–H and O–H groups in total. The van der Waals surface area contributed by atoms with Gasteiger partial charge in [0.25, 0.3) is 0 Å². The van der Waals surface area contributed by atoms with Crippen LogP contribution in [0, 0.1) is 11.3 Å². The highest BCUT2D eigenvalue weighted by atomic mass is 32.2. The highest BCUT2D eigenvalue weighted by molar-refractivity contribution is 8.00. The molecule has 1 amide bonds. The van der Waals surface area contributed by atoms with E-state index in [2.05, 4.69) is 10.3 Å². The normalized spacial score (nSPS) is 12.5. The summed E-state index contributed by atoms with van der Waals surface area (Å²) < 4.78 is 41.1. The van der Waals surface area contributed by atoms with Crippen molar-refractivity contribution in [1.82, 2.24) is 9.55 Å². The molecule has 1 heterocycles. The van der Waals surface area contributed by atoms with E-state index in [1.54, 1.807) is 35.8 Å². The minimum absolute atomic E-state index is 0.325. The largest absolute Gasteiger partial charge is 0.416 e. The Balaban J connectivity index is 1.87. The number of thioether (sulfide) groups is 1. The third kappa shape index (κ3) is 4.60. The van der Waals surface area contributed by atoms with E-state index < -0.39 is 17.0 Å². The van der Waals surface area contributed by atoms with Gasteiger partial charge in [-0.25, -0.2) is 4.98 Å². The number of rotatable bonds is 6. The lowest BCUT2D eigenvalue weighted by atomic mass is 10.2. The quantitative estimate of drug-likeness (QED) is 0.526. The Morgan fingerprint density at radius 2 is 2.03 bits per heavy atom. The van der Waals surface area contributed by atoms with E-state index in [1.807, 2.05) is 13.0 Å². The average Bonchev–Trinajstić information content (AvgIpc) is 3.04. The lowest BCUT2D eigenvalue weighted by molar-refractivity contribution is -0.137. The highest BCUT2D eigenvalue weighted by Gasteiger charge is 2.31. The molecule has 0 radical (unpaired) electrons. The first kappa shape index (κ1) is 21.7. The van der Waals surface area contributed by atoms with Crippen molar-refractivity contribution in [2.75, 3.05) is 5.32 Å². The van der Waals surface area contributed by atoms with Crippen molar-refractivity contribution in [3.8, 4) is 6.07 Å². The molecule has 0 aliphatic heterocycles. The number of alkyl halides is 3. The molecule has 1 atom stereocenters. The number of carbonyl (C=O) groups is 1. The number of aromatic nitrogens is 2. The van der Waals surface area contributed by atoms with E-state index in [-0.39, 0.29) is 5.91 Å². The van der Waals surface area contributed by atoms with Crippen molar-refractivity contribution in [3.05, 3.63) is 53.6 Å². The molecule has 1 unspecified atom stereocenters. The number of hydrogen-bond donors (Lipinski definition) is 1. The molecule has 9 heteroatoms. The first-order valence-electron chi connectivity index (χ1n) is 9.28. The van der Waals surface area contributed by atoms with Gasteiger partial charge in [0.1, 0.15) is 6.07 Å². The first-order chi connectivity index (χ1) is 14.2. The van der Waals surface area contributed by atoms with Crippen molar-refractivity contribution in [2.45, 2.75) is 43.4 Å². The molecule has 0 bridgehead atoms. The number of amides is 1. The third-order valence-electron chi connectivity index (χ3n) is 4.44. The Labute approximate surface area is 175 Å². The van der Waals surface area contributed by atoms with Crippen LogP contribution in [0.1, 0.15) is 31.4 Å². The summed E-state index contributed by atoms with van der Waals surface area (Å²) in [6.07, 6.45) is -3.74. The molecule has 0 aliphatic rings. The Morgan fingerprint density at radius 1 is 1.30 bits per heavy atom. The number of carbonyl (C=O) groups excluding carboxylic acids is 1. The van der Waals surface area contributed by atoms with Gasteiger partial charge in [0.2, 0.25) is 5.91 Å². The van der Waals surface area contributed by atoms with Gasteiger partial charge in [-0.05, 0) is 43.7 Å². The summed E-state index contributed by atoms with van der Waals surface area (Å²) in [7, 11) is 0. The molecule has 156 valence electrons. The van der Waals surface area contributed by atoms with Gasteiger partial charge in [-0.1, -0.05) is 30.8 Å². The zero-order valence-corrected chi connectivity index (χ0v) is 17.1. The molecular weight excluding hydrogens is 413 g/mol. The molecular formula is C21H19F3N4OS. The van der Waals surface area contributed by atoms with Crippen molar-refractivity contribution in [3.63, 3.8) is 0 Å². The molecule has 5 nitrogen and oxygen atoms in total. The second kappa shape index (κ2) is 8.79. The standard InChI is InChI=1S/C21H19F3N4OS/c1-3-10-28-18-11-15(21(22,23)24)8-9-17(18)27-20(28)30-13(2)19(29)26-16-7-5-4-6-14(16)12-25/h4-9,11,13H,3,10H2,1-2H3,(H,26,29). The van der Waals surface area contributed by atoms with Gasteiger partial charge in [0.15, 0.2) is 5.16 Å². The maximum Gasteiger partial charge on any atom is 0.416 e. The smallest absolute Gasteiger partial charge is 0.324 e. The number of para-hydroxylation sites is 1. The Bertz CT molecular complexity index is 1120. The van der Waals surface area contributed by atoms with Gasteiger partial charge in [0.05, 0.1) is 33.1 Å². The second-order valence-corrected chi connectivity index (χ2v) is 7.96. The van der Waals surface area contributed by atoms with Gasteiger partial charge >= 0.3 is 6.18 Å². The van der Waals surface area contributed by atoms with Crippen molar-refractivity contribution < 1.29 is 18.0 Å². The Morgan fingerprint density at radius 3 is 2.70 bits per heavy atom. The number of aryl methyl sites for hydroxylation is 1. The van der Waals surface area contributed by atoms with Crippen LogP contribution in [0.4, 0.5) is 18.9 Å².